The standard InChI is InChI=1S/C33H36FN7O2S/c34-25-6-4-5-24(17-25)31(22-11-13-23(14-12-22)32(42)36-18-21-9-15-26(35)16-10-21)41-19-27(39-40-41)7-2-1-3-8-29-30-28(20-44-29)37-33(43)38-30/h4-6,9-17,19,28-31H,1-3,7-8,18,20,35H2,(H,36,42)(H2,37,38,43)/t28-,29-,30-,31?/m0/s1. The van der Waals surface area contributed by atoms with Crippen molar-refractivity contribution in [3.8, 4) is 0 Å². The van der Waals surface area contributed by atoms with Gasteiger partial charge in [-0.3, -0.25) is 4.79 Å². The van der Waals surface area contributed by atoms with Gasteiger partial charge in [-0.05, 0) is 72.4 Å². The number of hydrogen-bond donors (Lipinski definition) is 4. The second-order valence-electron chi connectivity index (χ2n) is 11.4. The summed E-state index contributed by atoms with van der Waals surface area (Å²) in [7, 11) is 0. The molecule has 228 valence electrons. The molecule has 2 fully saturated rings. The van der Waals surface area contributed by atoms with Crippen molar-refractivity contribution in [2.45, 2.75) is 62.0 Å². The summed E-state index contributed by atoms with van der Waals surface area (Å²) in [5.74, 6) is 0.463. The summed E-state index contributed by atoms with van der Waals surface area (Å²) < 4.78 is 16.1. The first kappa shape index (κ1) is 29.7. The predicted octanol–water partition coefficient (Wildman–Crippen LogP) is 4.84. The Hall–Kier alpha value is -4.38. The molecule has 11 heteroatoms. The van der Waals surface area contributed by atoms with E-state index >= 15 is 0 Å². The highest BCUT2D eigenvalue weighted by atomic mass is 32.2. The first-order valence-electron chi connectivity index (χ1n) is 15.0. The van der Waals surface area contributed by atoms with E-state index in [1.165, 1.54) is 12.1 Å². The number of urea groups is 1. The number of nitrogens with two attached hydrogens (primary N) is 1. The number of thioether (sulfide) groups is 1. The number of aryl methyl sites for hydroxylation is 1. The molecule has 0 spiro atoms. The summed E-state index contributed by atoms with van der Waals surface area (Å²) >= 11 is 1.94. The molecule has 3 heterocycles. The maximum Gasteiger partial charge on any atom is 0.315 e. The molecule has 2 aliphatic rings. The van der Waals surface area contributed by atoms with Gasteiger partial charge in [-0.15, -0.1) is 5.10 Å². The highest BCUT2D eigenvalue weighted by Gasteiger charge is 2.42. The number of hydrogen-bond acceptors (Lipinski definition) is 6. The van der Waals surface area contributed by atoms with Crippen LogP contribution >= 0.6 is 11.8 Å². The van der Waals surface area contributed by atoms with Crippen LogP contribution in [-0.2, 0) is 13.0 Å². The number of unbranched alkanes of at least 4 members (excludes halogenated alkanes) is 2. The third kappa shape index (κ3) is 7.05. The number of carbonyl (C=O) groups excluding carboxylic acids is 2. The van der Waals surface area contributed by atoms with Crippen LogP contribution < -0.4 is 21.7 Å². The average Bonchev–Trinajstić information content (AvgIpc) is 3.74. The van der Waals surface area contributed by atoms with E-state index in [1.807, 2.05) is 48.3 Å². The SMILES string of the molecule is Nc1ccc(CNC(=O)c2ccc(C(c3cccc(F)c3)n3cc(CCCCC[C@@H]4SC[C@@H]5NC(=O)N[C@@H]54)nn3)cc2)cc1. The van der Waals surface area contributed by atoms with E-state index in [0.29, 0.717) is 23.0 Å². The molecule has 5 N–H and O–H groups in total. The van der Waals surface area contributed by atoms with Crippen molar-refractivity contribution in [3.63, 3.8) is 0 Å². The zero-order valence-electron chi connectivity index (χ0n) is 24.3. The Bertz CT molecular complexity index is 1590. The van der Waals surface area contributed by atoms with Gasteiger partial charge >= 0.3 is 6.03 Å². The first-order chi connectivity index (χ1) is 21.4. The topological polar surface area (TPSA) is 127 Å². The van der Waals surface area contributed by atoms with Crippen molar-refractivity contribution < 1.29 is 14.0 Å². The zero-order valence-corrected chi connectivity index (χ0v) is 25.1. The van der Waals surface area contributed by atoms with Crippen molar-refractivity contribution in [2.24, 2.45) is 0 Å². The Balaban J connectivity index is 1.07. The molecule has 2 saturated heterocycles. The van der Waals surface area contributed by atoms with Gasteiger partial charge in [-0.25, -0.2) is 13.9 Å². The lowest BCUT2D eigenvalue weighted by Gasteiger charge is -2.18. The molecule has 4 atom stereocenters. The summed E-state index contributed by atoms with van der Waals surface area (Å²) in [4.78, 5) is 24.4. The fourth-order valence-corrected chi connectivity index (χ4v) is 7.48. The van der Waals surface area contributed by atoms with E-state index in [9.17, 15) is 14.0 Å². The van der Waals surface area contributed by atoms with Crippen LogP contribution in [0.15, 0.2) is 79.0 Å². The number of benzene rings is 3. The van der Waals surface area contributed by atoms with Crippen molar-refractivity contribution in [3.05, 3.63) is 113 Å². The average molecular weight is 614 g/mol. The van der Waals surface area contributed by atoms with Crippen LogP contribution in [0.1, 0.15) is 64.5 Å². The quantitative estimate of drug-likeness (QED) is 0.103. The van der Waals surface area contributed by atoms with Crippen LogP contribution in [0, 0.1) is 5.82 Å². The minimum absolute atomic E-state index is 0.0446. The van der Waals surface area contributed by atoms with Crippen molar-refractivity contribution in [1.29, 1.82) is 0 Å². The molecule has 0 aliphatic carbocycles. The number of nitrogens with one attached hydrogen (secondary N) is 3. The third-order valence-electron chi connectivity index (χ3n) is 8.27. The number of rotatable bonds is 12. The number of aromatic nitrogens is 3. The largest absolute Gasteiger partial charge is 0.399 e. The molecule has 1 unspecified atom stereocenters. The summed E-state index contributed by atoms with van der Waals surface area (Å²) in [6, 6.07) is 21.2. The summed E-state index contributed by atoms with van der Waals surface area (Å²) in [5.41, 5.74) is 10.4. The van der Waals surface area contributed by atoms with E-state index in [1.54, 1.807) is 35.0 Å². The van der Waals surface area contributed by atoms with Crippen LogP contribution in [0.4, 0.5) is 14.9 Å². The van der Waals surface area contributed by atoms with Gasteiger partial charge < -0.3 is 21.7 Å². The highest BCUT2D eigenvalue weighted by molar-refractivity contribution is 8.00. The molecule has 9 nitrogen and oxygen atoms in total. The summed E-state index contributed by atoms with van der Waals surface area (Å²) in [6.45, 7) is 0.394. The first-order valence-corrected chi connectivity index (χ1v) is 16.1. The molecule has 2 aliphatic heterocycles. The van der Waals surface area contributed by atoms with E-state index in [0.717, 1.165) is 60.2 Å². The van der Waals surface area contributed by atoms with Crippen LogP contribution in [0.5, 0.6) is 0 Å². The Kier molecular flexibility index (Phi) is 9.11. The van der Waals surface area contributed by atoms with E-state index in [-0.39, 0.29) is 29.8 Å². The Morgan fingerprint density at radius 1 is 1.05 bits per heavy atom. The zero-order chi connectivity index (χ0) is 30.5. The lowest BCUT2D eigenvalue weighted by Crippen LogP contribution is -2.36. The van der Waals surface area contributed by atoms with Gasteiger partial charge in [0.2, 0.25) is 0 Å². The highest BCUT2D eigenvalue weighted by Crippen LogP contribution is 2.33. The lowest BCUT2D eigenvalue weighted by atomic mass is 9.97. The molecule has 0 saturated carbocycles. The van der Waals surface area contributed by atoms with E-state index in [4.69, 9.17) is 5.73 Å². The minimum Gasteiger partial charge on any atom is -0.399 e. The smallest absolute Gasteiger partial charge is 0.315 e. The van der Waals surface area contributed by atoms with Crippen molar-refractivity contribution in [2.75, 3.05) is 11.5 Å². The van der Waals surface area contributed by atoms with Gasteiger partial charge in [0, 0.05) is 35.0 Å². The molecule has 0 bridgehead atoms. The number of carbonyl (C=O) groups is 2. The van der Waals surface area contributed by atoms with Crippen LogP contribution in [-0.4, -0.2) is 50.0 Å². The second kappa shape index (κ2) is 13.5. The summed E-state index contributed by atoms with van der Waals surface area (Å²) in [6.07, 6.45) is 6.96. The fourth-order valence-electron chi connectivity index (χ4n) is 5.94. The number of nitrogens with zero attached hydrogens (tertiary/aromatic N) is 3. The molecular weight excluding hydrogens is 577 g/mol. The number of halogens is 1. The second-order valence-corrected chi connectivity index (χ2v) is 12.7. The minimum atomic E-state index is -0.401. The van der Waals surface area contributed by atoms with Gasteiger partial charge in [-0.2, -0.15) is 11.8 Å². The molecular formula is C33H36FN7O2S. The van der Waals surface area contributed by atoms with Crippen molar-refractivity contribution in [1.82, 2.24) is 30.9 Å². The van der Waals surface area contributed by atoms with Gasteiger partial charge in [0.05, 0.1) is 17.8 Å². The number of anilines is 1. The maximum absolute atomic E-state index is 14.3. The molecule has 0 radical (unpaired) electrons. The third-order valence-corrected chi connectivity index (χ3v) is 9.78. The van der Waals surface area contributed by atoms with Crippen LogP contribution in [0.25, 0.3) is 0 Å². The number of nitrogen functional groups attached to an aromatic ring is 1. The number of fused-ring (bicyclic) bond motifs is 1. The van der Waals surface area contributed by atoms with Gasteiger partial charge in [0.15, 0.2) is 0 Å². The predicted molar refractivity (Wildman–Crippen MR) is 170 cm³/mol. The molecule has 44 heavy (non-hydrogen) atoms. The molecule has 6 rings (SSSR count). The lowest BCUT2D eigenvalue weighted by molar-refractivity contribution is 0.0951. The Morgan fingerprint density at radius 2 is 1.86 bits per heavy atom. The molecule has 3 aromatic carbocycles. The van der Waals surface area contributed by atoms with Crippen molar-refractivity contribution >= 4 is 29.4 Å². The van der Waals surface area contributed by atoms with E-state index in [2.05, 4.69) is 26.3 Å². The fraction of sp³-hybridized carbons (Fsp3) is 0.333. The number of amides is 3. The Morgan fingerprint density at radius 3 is 2.66 bits per heavy atom. The maximum atomic E-state index is 14.3. The molecule has 3 amide bonds. The van der Waals surface area contributed by atoms with Crippen LogP contribution in [0.3, 0.4) is 0 Å². The van der Waals surface area contributed by atoms with E-state index < -0.39 is 6.04 Å². The Labute approximate surface area is 260 Å². The van der Waals surface area contributed by atoms with Gasteiger partial charge in [0.25, 0.3) is 5.91 Å². The molecule has 1 aromatic heterocycles. The molecule has 4 aromatic rings. The monoisotopic (exact) mass is 613 g/mol. The normalized spacial score (nSPS) is 19.7. The van der Waals surface area contributed by atoms with Crippen LogP contribution in [0.2, 0.25) is 0 Å². The van der Waals surface area contributed by atoms with Gasteiger partial charge in [0.1, 0.15) is 11.9 Å². The summed E-state index contributed by atoms with van der Waals surface area (Å²) in [5, 5.41) is 18.3. The van der Waals surface area contributed by atoms with Gasteiger partial charge in [-0.1, -0.05) is 54.5 Å².